The predicted octanol–water partition coefficient (Wildman–Crippen LogP) is 2.23. The molecule has 1 amide bonds. The molecule has 1 atom stereocenters. The van der Waals surface area contributed by atoms with Crippen LogP contribution >= 0.6 is 0 Å². The number of carboxylic acid groups (broad SMARTS) is 1. The molecule has 0 heterocycles. The van der Waals surface area contributed by atoms with Crippen molar-refractivity contribution in [1.29, 1.82) is 5.26 Å². The number of carboxylic acids is 1. The van der Waals surface area contributed by atoms with Crippen LogP contribution < -0.4 is 5.32 Å². The quantitative estimate of drug-likeness (QED) is 0.755. The van der Waals surface area contributed by atoms with Gasteiger partial charge in [-0.05, 0) is 31.4 Å². The lowest BCUT2D eigenvalue weighted by molar-refractivity contribution is -0.139. The Labute approximate surface area is 120 Å². The lowest BCUT2D eigenvalue weighted by Crippen LogP contribution is -2.40. The molecule has 0 saturated carbocycles. The third-order valence-electron chi connectivity index (χ3n) is 2.76. The first-order valence-electron chi connectivity index (χ1n) is 6.30. The largest absolute Gasteiger partial charge is 0.480 e. The number of carbonyl (C=O) groups is 2. The van der Waals surface area contributed by atoms with E-state index >= 15 is 0 Å². The highest BCUT2D eigenvalue weighted by molar-refractivity contribution is 5.96. The van der Waals surface area contributed by atoms with Gasteiger partial charge in [0.15, 0.2) is 0 Å². The van der Waals surface area contributed by atoms with E-state index in [1.165, 1.54) is 0 Å². The van der Waals surface area contributed by atoms with E-state index in [1.54, 1.807) is 0 Å². The highest BCUT2D eigenvalue weighted by atomic mass is 19.1. The fraction of sp³-hybridized carbons (Fsp3) is 0.357. The van der Waals surface area contributed by atoms with Crippen LogP contribution in [0.3, 0.4) is 0 Å². The van der Waals surface area contributed by atoms with Gasteiger partial charge in [-0.2, -0.15) is 5.26 Å². The van der Waals surface area contributed by atoms with E-state index in [4.69, 9.17) is 10.4 Å². The summed E-state index contributed by atoms with van der Waals surface area (Å²) in [5.41, 5.74) is -0.282. The molecule has 0 unspecified atom stereocenters. The second-order valence-corrected chi connectivity index (χ2v) is 4.43. The number of nitrogens with one attached hydrogen (secondary N) is 1. The minimum atomic E-state index is -1.24. The molecule has 112 valence electrons. The van der Waals surface area contributed by atoms with Crippen LogP contribution in [0.15, 0.2) is 18.2 Å². The van der Waals surface area contributed by atoms with Crippen LogP contribution in [0.25, 0.3) is 0 Å². The normalized spacial score (nSPS) is 11.5. The molecule has 1 aromatic rings. The number of unbranched alkanes of at least 4 members (excludes halogenated alkanes) is 2. The molecule has 0 saturated heterocycles. The Kier molecular flexibility index (Phi) is 6.27. The maximum absolute atomic E-state index is 13.0. The number of nitrogens with zero attached hydrogens (tertiary/aromatic N) is 1. The number of rotatable bonds is 7. The smallest absolute Gasteiger partial charge is 0.326 e. The molecule has 0 fully saturated rings. The average molecular weight is 296 g/mol. The van der Waals surface area contributed by atoms with Crippen molar-refractivity contribution in [3.8, 4) is 6.07 Å². The molecule has 0 aromatic heterocycles. The summed E-state index contributed by atoms with van der Waals surface area (Å²) in [6, 6.07) is 3.04. The van der Waals surface area contributed by atoms with Crippen molar-refractivity contribution in [1.82, 2.24) is 5.32 Å². The van der Waals surface area contributed by atoms with Crippen molar-refractivity contribution >= 4 is 11.9 Å². The van der Waals surface area contributed by atoms with Crippen LogP contribution in [-0.2, 0) is 4.79 Å². The van der Waals surface area contributed by atoms with Crippen molar-refractivity contribution in [2.24, 2.45) is 0 Å². The summed E-state index contributed by atoms with van der Waals surface area (Å²) >= 11 is 0. The van der Waals surface area contributed by atoms with E-state index in [-0.39, 0.29) is 12.0 Å². The van der Waals surface area contributed by atoms with Gasteiger partial charge >= 0.3 is 5.97 Å². The third kappa shape index (κ3) is 5.57. The maximum Gasteiger partial charge on any atom is 0.326 e. The molecule has 5 nitrogen and oxygen atoms in total. The summed E-state index contributed by atoms with van der Waals surface area (Å²) in [4.78, 5) is 22.8. The molecular weight excluding hydrogens is 282 g/mol. The van der Waals surface area contributed by atoms with Crippen LogP contribution in [0.5, 0.6) is 0 Å². The van der Waals surface area contributed by atoms with Gasteiger partial charge in [-0.15, -0.1) is 0 Å². The van der Waals surface area contributed by atoms with Crippen molar-refractivity contribution < 1.29 is 23.5 Å². The van der Waals surface area contributed by atoms with Crippen LogP contribution in [0.1, 0.15) is 36.0 Å². The Morgan fingerprint density at radius 3 is 2.38 bits per heavy atom. The van der Waals surface area contributed by atoms with Gasteiger partial charge < -0.3 is 10.4 Å². The van der Waals surface area contributed by atoms with Gasteiger partial charge in [0.05, 0.1) is 6.07 Å². The second-order valence-electron chi connectivity index (χ2n) is 4.43. The lowest BCUT2D eigenvalue weighted by atomic mass is 10.1. The van der Waals surface area contributed by atoms with Crippen molar-refractivity contribution in [2.75, 3.05) is 0 Å². The second kappa shape index (κ2) is 7.94. The van der Waals surface area contributed by atoms with E-state index in [0.717, 1.165) is 12.1 Å². The number of carbonyl (C=O) groups excluding carboxylic acids is 1. The fourth-order valence-corrected chi connectivity index (χ4v) is 1.74. The van der Waals surface area contributed by atoms with E-state index in [9.17, 15) is 18.4 Å². The minimum absolute atomic E-state index is 0.139. The van der Waals surface area contributed by atoms with Crippen LogP contribution in [-0.4, -0.2) is 23.0 Å². The zero-order chi connectivity index (χ0) is 15.8. The summed E-state index contributed by atoms with van der Waals surface area (Å²) in [5, 5.41) is 19.6. The van der Waals surface area contributed by atoms with E-state index in [1.807, 2.05) is 6.07 Å². The zero-order valence-electron chi connectivity index (χ0n) is 11.1. The van der Waals surface area contributed by atoms with Crippen LogP contribution in [0.2, 0.25) is 0 Å². The van der Waals surface area contributed by atoms with Gasteiger partial charge in [-0.25, -0.2) is 13.6 Å². The van der Waals surface area contributed by atoms with E-state index in [0.29, 0.717) is 25.3 Å². The van der Waals surface area contributed by atoms with Gasteiger partial charge in [0.1, 0.15) is 17.7 Å². The molecule has 0 aliphatic heterocycles. The Morgan fingerprint density at radius 2 is 1.86 bits per heavy atom. The molecule has 0 spiro atoms. The fourth-order valence-electron chi connectivity index (χ4n) is 1.74. The maximum atomic E-state index is 13.0. The molecule has 0 aliphatic carbocycles. The van der Waals surface area contributed by atoms with Gasteiger partial charge in [0.25, 0.3) is 5.91 Å². The Bertz CT molecular complexity index is 550. The zero-order valence-corrected chi connectivity index (χ0v) is 11.1. The number of halogens is 2. The molecule has 2 N–H and O–H groups in total. The molecule has 1 rings (SSSR count). The number of hydrogen-bond donors (Lipinski definition) is 2. The highest BCUT2D eigenvalue weighted by Gasteiger charge is 2.20. The standard InChI is InChI=1S/C14H14F2N2O3/c15-10-6-9(7-11(16)8-10)13(19)18-12(14(20)21)4-2-1-3-5-17/h6-8,12H,1-4H2,(H,18,19)(H,20,21)/t12-/m0/s1. The summed E-state index contributed by atoms with van der Waals surface area (Å²) < 4.78 is 26.0. The number of aliphatic carboxylic acids is 1. The average Bonchev–Trinajstić information content (AvgIpc) is 2.40. The number of benzene rings is 1. The summed E-state index contributed by atoms with van der Waals surface area (Å²) in [7, 11) is 0. The molecule has 1 aromatic carbocycles. The summed E-state index contributed by atoms with van der Waals surface area (Å²) in [6.07, 6.45) is 1.41. The molecule has 0 bridgehead atoms. The highest BCUT2D eigenvalue weighted by Crippen LogP contribution is 2.09. The van der Waals surface area contributed by atoms with Crippen LogP contribution in [0.4, 0.5) is 8.78 Å². The monoisotopic (exact) mass is 296 g/mol. The lowest BCUT2D eigenvalue weighted by Gasteiger charge is -2.14. The topological polar surface area (TPSA) is 90.2 Å². The molecule has 7 heteroatoms. The predicted molar refractivity (Wildman–Crippen MR) is 69.3 cm³/mol. The van der Waals surface area contributed by atoms with Crippen molar-refractivity contribution in [3.05, 3.63) is 35.4 Å². The summed E-state index contributed by atoms with van der Waals surface area (Å²) in [5.74, 6) is -3.93. The minimum Gasteiger partial charge on any atom is -0.480 e. The number of amides is 1. The van der Waals surface area contributed by atoms with E-state index in [2.05, 4.69) is 5.32 Å². The Balaban J connectivity index is 2.68. The molecular formula is C14H14F2N2O3. The van der Waals surface area contributed by atoms with Crippen LogP contribution in [0, 0.1) is 23.0 Å². The van der Waals surface area contributed by atoms with E-state index < -0.39 is 29.6 Å². The van der Waals surface area contributed by atoms with Gasteiger partial charge in [-0.3, -0.25) is 4.79 Å². The van der Waals surface area contributed by atoms with Gasteiger partial charge in [0, 0.05) is 18.1 Å². The Morgan fingerprint density at radius 1 is 1.24 bits per heavy atom. The molecule has 0 radical (unpaired) electrons. The Hall–Kier alpha value is -2.49. The van der Waals surface area contributed by atoms with Crippen molar-refractivity contribution in [3.63, 3.8) is 0 Å². The number of nitriles is 1. The van der Waals surface area contributed by atoms with Gasteiger partial charge in [0.2, 0.25) is 0 Å². The number of hydrogen-bond acceptors (Lipinski definition) is 3. The molecule has 0 aliphatic rings. The third-order valence-corrected chi connectivity index (χ3v) is 2.76. The summed E-state index contributed by atoms with van der Waals surface area (Å²) in [6.45, 7) is 0. The molecule has 21 heavy (non-hydrogen) atoms. The van der Waals surface area contributed by atoms with Gasteiger partial charge in [-0.1, -0.05) is 0 Å². The SMILES string of the molecule is N#CCCCC[C@H](NC(=O)c1cc(F)cc(F)c1)C(=O)O. The first kappa shape index (κ1) is 16.6. The van der Waals surface area contributed by atoms with Crippen molar-refractivity contribution in [2.45, 2.75) is 31.7 Å². The first-order valence-corrected chi connectivity index (χ1v) is 6.30. The first-order chi connectivity index (χ1) is 9.93.